The highest BCUT2D eigenvalue weighted by atomic mass is 32.1. The summed E-state index contributed by atoms with van der Waals surface area (Å²) in [4.78, 5) is 19.6. The molecule has 1 amide bonds. The van der Waals surface area contributed by atoms with Crippen molar-refractivity contribution in [1.29, 1.82) is 0 Å². The Balaban J connectivity index is 2.08. The van der Waals surface area contributed by atoms with Gasteiger partial charge in [0.05, 0.1) is 11.6 Å². The summed E-state index contributed by atoms with van der Waals surface area (Å²) in [7, 11) is 0. The lowest BCUT2D eigenvalue weighted by atomic mass is 10.2. The maximum atomic E-state index is 12.7. The number of carbonyl (C=O) groups is 1. The van der Waals surface area contributed by atoms with Gasteiger partial charge in [0.1, 0.15) is 5.01 Å². The summed E-state index contributed by atoms with van der Waals surface area (Å²) in [6.45, 7) is 1.97. The van der Waals surface area contributed by atoms with Gasteiger partial charge in [-0.2, -0.15) is 4.39 Å². The van der Waals surface area contributed by atoms with Crippen molar-refractivity contribution >= 4 is 17.2 Å². The summed E-state index contributed by atoms with van der Waals surface area (Å²) in [5.74, 6) is -0.872. The number of hydrogen-bond donors (Lipinski definition) is 1. The van der Waals surface area contributed by atoms with Gasteiger partial charge < -0.3 is 5.32 Å². The number of halogens is 1. The van der Waals surface area contributed by atoms with Crippen molar-refractivity contribution in [1.82, 2.24) is 15.3 Å². The van der Waals surface area contributed by atoms with Crippen LogP contribution in [0.1, 0.15) is 34.8 Å². The molecule has 0 saturated heterocycles. The standard InChI is InChI=1S/C12H12FN3OS/c1-2-9(12-14-5-6-18-12)16-11(17)8-3-4-10(13)15-7-8/h3-7,9H,2H2,1H3,(H,16,17). The van der Waals surface area contributed by atoms with E-state index in [1.165, 1.54) is 29.7 Å². The van der Waals surface area contributed by atoms with E-state index in [2.05, 4.69) is 15.3 Å². The summed E-state index contributed by atoms with van der Waals surface area (Å²) >= 11 is 1.49. The zero-order valence-corrected chi connectivity index (χ0v) is 10.6. The van der Waals surface area contributed by atoms with Crippen LogP contribution in [0, 0.1) is 5.95 Å². The highest BCUT2D eigenvalue weighted by Crippen LogP contribution is 2.19. The molecule has 2 heterocycles. The van der Waals surface area contributed by atoms with Crippen molar-refractivity contribution in [3.05, 3.63) is 46.4 Å². The van der Waals surface area contributed by atoms with Gasteiger partial charge in [-0.1, -0.05) is 6.92 Å². The molecule has 1 N–H and O–H groups in total. The minimum Gasteiger partial charge on any atom is -0.343 e. The molecule has 0 fully saturated rings. The van der Waals surface area contributed by atoms with Crippen LogP contribution in [0.15, 0.2) is 29.9 Å². The van der Waals surface area contributed by atoms with E-state index in [9.17, 15) is 9.18 Å². The van der Waals surface area contributed by atoms with Crippen LogP contribution in [0.5, 0.6) is 0 Å². The number of amides is 1. The molecule has 0 aliphatic rings. The first-order valence-corrected chi connectivity index (χ1v) is 6.40. The molecule has 2 aromatic rings. The molecule has 0 radical (unpaired) electrons. The van der Waals surface area contributed by atoms with Gasteiger partial charge in [-0.05, 0) is 18.6 Å². The predicted molar refractivity (Wildman–Crippen MR) is 66.8 cm³/mol. The molecule has 1 unspecified atom stereocenters. The van der Waals surface area contributed by atoms with E-state index >= 15 is 0 Å². The van der Waals surface area contributed by atoms with Crippen molar-refractivity contribution < 1.29 is 9.18 Å². The van der Waals surface area contributed by atoms with Crippen LogP contribution in [0.4, 0.5) is 4.39 Å². The number of rotatable bonds is 4. The summed E-state index contributed by atoms with van der Waals surface area (Å²) in [5, 5.41) is 5.58. The predicted octanol–water partition coefficient (Wildman–Crippen LogP) is 2.56. The molecule has 0 bridgehead atoms. The second-order valence-corrected chi connectivity index (χ2v) is 4.60. The molecular formula is C12H12FN3OS. The van der Waals surface area contributed by atoms with E-state index < -0.39 is 5.95 Å². The second-order valence-electron chi connectivity index (χ2n) is 3.67. The zero-order chi connectivity index (χ0) is 13.0. The topological polar surface area (TPSA) is 54.9 Å². The lowest BCUT2D eigenvalue weighted by molar-refractivity contribution is 0.0935. The molecule has 0 spiro atoms. The Morgan fingerprint density at radius 2 is 2.33 bits per heavy atom. The molecule has 0 aliphatic carbocycles. The maximum absolute atomic E-state index is 12.7. The minimum atomic E-state index is -0.599. The summed E-state index contributed by atoms with van der Waals surface area (Å²) < 4.78 is 12.7. The number of hydrogen-bond acceptors (Lipinski definition) is 4. The van der Waals surface area contributed by atoms with Crippen LogP contribution >= 0.6 is 11.3 Å². The lowest BCUT2D eigenvalue weighted by Crippen LogP contribution is -2.28. The zero-order valence-electron chi connectivity index (χ0n) is 9.76. The number of nitrogens with one attached hydrogen (secondary N) is 1. The first-order chi connectivity index (χ1) is 8.70. The maximum Gasteiger partial charge on any atom is 0.253 e. The molecule has 4 nitrogen and oxygen atoms in total. The first kappa shape index (κ1) is 12.6. The summed E-state index contributed by atoms with van der Waals surface area (Å²) in [6.07, 6.45) is 3.67. The van der Waals surface area contributed by atoms with Gasteiger partial charge in [-0.15, -0.1) is 11.3 Å². The molecule has 94 valence electrons. The number of aromatic nitrogens is 2. The number of nitrogens with zero attached hydrogens (tertiary/aromatic N) is 2. The largest absolute Gasteiger partial charge is 0.343 e. The van der Waals surface area contributed by atoms with Crippen molar-refractivity contribution in [2.45, 2.75) is 19.4 Å². The van der Waals surface area contributed by atoms with Crippen LogP contribution < -0.4 is 5.32 Å². The monoisotopic (exact) mass is 265 g/mol. The molecular weight excluding hydrogens is 253 g/mol. The number of thiazole rings is 1. The lowest BCUT2D eigenvalue weighted by Gasteiger charge is -2.14. The van der Waals surface area contributed by atoms with Crippen LogP contribution in [-0.4, -0.2) is 15.9 Å². The third-order valence-corrected chi connectivity index (χ3v) is 3.34. The van der Waals surface area contributed by atoms with E-state index in [4.69, 9.17) is 0 Å². The second kappa shape index (κ2) is 5.68. The Labute approximate surface area is 108 Å². The Morgan fingerprint density at radius 3 is 2.89 bits per heavy atom. The fourth-order valence-electron chi connectivity index (χ4n) is 1.50. The quantitative estimate of drug-likeness (QED) is 0.864. The van der Waals surface area contributed by atoms with Gasteiger partial charge >= 0.3 is 0 Å². The van der Waals surface area contributed by atoms with E-state index in [0.717, 1.165) is 11.4 Å². The molecule has 6 heteroatoms. The van der Waals surface area contributed by atoms with E-state index in [1.54, 1.807) is 6.20 Å². The molecule has 1 atom stereocenters. The van der Waals surface area contributed by atoms with Gasteiger partial charge in [0.2, 0.25) is 5.95 Å². The minimum absolute atomic E-state index is 0.123. The van der Waals surface area contributed by atoms with Crippen LogP contribution in [0.25, 0.3) is 0 Å². The van der Waals surface area contributed by atoms with Crippen LogP contribution in [0.3, 0.4) is 0 Å². The third-order valence-electron chi connectivity index (χ3n) is 2.45. The molecule has 2 rings (SSSR count). The molecule has 2 aromatic heterocycles. The van der Waals surface area contributed by atoms with Crippen molar-refractivity contribution in [2.24, 2.45) is 0 Å². The van der Waals surface area contributed by atoms with E-state index in [0.29, 0.717) is 5.56 Å². The SMILES string of the molecule is CCC(NC(=O)c1ccc(F)nc1)c1nccs1. The summed E-state index contributed by atoms with van der Waals surface area (Å²) in [5.41, 5.74) is 0.339. The van der Waals surface area contributed by atoms with Gasteiger partial charge in [0.25, 0.3) is 5.91 Å². The number of carbonyl (C=O) groups excluding carboxylic acids is 1. The molecule has 0 saturated carbocycles. The van der Waals surface area contributed by atoms with Gasteiger partial charge in [-0.25, -0.2) is 9.97 Å². The average molecular weight is 265 g/mol. The Kier molecular flexibility index (Phi) is 3.99. The first-order valence-electron chi connectivity index (χ1n) is 5.52. The fraction of sp³-hybridized carbons (Fsp3) is 0.250. The van der Waals surface area contributed by atoms with Crippen molar-refractivity contribution in [2.75, 3.05) is 0 Å². The van der Waals surface area contributed by atoms with Gasteiger partial charge in [-0.3, -0.25) is 4.79 Å². The van der Waals surface area contributed by atoms with Crippen molar-refractivity contribution in [3.8, 4) is 0 Å². The van der Waals surface area contributed by atoms with Crippen LogP contribution in [0.2, 0.25) is 0 Å². The van der Waals surface area contributed by atoms with Crippen LogP contribution in [-0.2, 0) is 0 Å². The van der Waals surface area contributed by atoms with Gasteiger partial charge in [0.15, 0.2) is 0 Å². The Bertz CT molecular complexity index is 513. The molecule has 18 heavy (non-hydrogen) atoms. The van der Waals surface area contributed by atoms with Crippen molar-refractivity contribution in [3.63, 3.8) is 0 Å². The fourth-order valence-corrected chi connectivity index (χ4v) is 2.27. The molecule has 0 aromatic carbocycles. The van der Waals surface area contributed by atoms with E-state index in [1.807, 2.05) is 12.3 Å². The summed E-state index contributed by atoms with van der Waals surface area (Å²) in [6, 6.07) is 2.45. The van der Waals surface area contributed by atoms with Gasteiger partial charge in [0, 0.05) is 17.8 Å². The van der Waals surface area contributed by atoms with E-state index in [-0.39, 0.29) is 11.9 Å². The average Bonchev–Trinajstić information content (AvgIpc) is 2.90. The highest BCUT2D eigenvalue weighted by molar-refractivity contribution is 7.09. The Morgan fingerprint density at radius 1 is 1.50 bits per heavy atom. The normalized spacial score (nSPS) is 12.1. The Hall–Kier alpha value is -1.82. The molecule has 0 aliphatic heterocycles. The highest BCUT2D eigenvalue weighted by Gasteiger charge is 2.16. The third kappa shape index (κ3) is 2.89. The smallest absolute Gasteiger partial charge is 0.253 e. The number of pyridine rings is 1.